The molecule has 1 N–H and O–H groups in total. The first-order valence-corrected chi connectivity index (χ1v) is 7.87. The average Bonchev–Trinajstić information content (AvgIpc) is 2.30. The SMILES string of the molecule is O=C(O)C1CCS(=O)(=O)CC1Cc1ccc(F)cc1. The number of benzene rings is 1. The molecule has 1 saturated heterocycles. The lowest BCUT2D eigenvalue weighted by Crippen LogP contribution is -2.38. The summed E-state index contributed by atoms with van der Waals surface area (Å²) in [4.78, 5) is 11.2. The maximum atomic E-state index is 12.8. The Bertz CT molecular complexity index is 565. The second-order valence-electron chi connectivity index (χ2n) is 4.94. The number of hydrogen-bond donors (Lipinski definition) is 1. The van der Waals surface area contributed by atoms with Gasteiger partial charge in [0.25, 0.3) is 0 Å². The Labute approximate surface area is 111 Å². The fraction of sp³-hybridized carbons (Fsp3) is 0.462. The van der Waals surface area contributed by atoms with Gasteiger partial charge < -0.3 is 5.11 Å². The lowest BCUT2D eigenvalue weighted by atomic mass is 9.86. The second kappa shape index (κ2) is 5.28. The maximum Gasteiger partial charge on any atom is 0.306 e. The molecule has 1 aliphatic heterocycles. The Morgan fingerprint density at radius 2 is 1.95 bits per heavy atom. The lowest BCUT2D eigenvalue weighted by molar-refractivity contribution is -0.143. The van der Waals surface area contributed by atoms with Gasteiger partial charge in [-0.1, -0.05) is 12.1 Å². The van der Waals surface area contributed by atoms with Gasteiger partial charge in [0.1, 0.15) is 5.82 Å². The Morgan fingerprint density at radius 3 is 2.53 bits per heavy atom. The molecule has 1 aliphatic rings. The fourth-order valence-electron chi connectivity index (χ4n) is 2.52. The van der Waals surface area contributed by atoms with Gasteiger partial charge in [-0.15, -0.1) is 0 Å². The van der Waals surface area contributed by atoms with Crippen molar-refractivity contribution in [1.82, 2.24) is 0 Å². The van der Waals surface area contributed by atoms with Gasteiger partial charge in [-0.3, -0.25) is 4.79 Å². The normalized spacial score (nSPS) is 25.9. The summed E-state index contributed by atoms with van der Waals surface area (Å²) < 4.78 is 36.0. The van der Waals surface area contributed by atoms with Crippen LogP contribution in [0, 0.1) is 17.7 Å². The zero-order chi connectivity index (χ0) is 14.0. The number of rotatable bonds is 3. The van der Waals surface area contributed by atoms with Gasteiger partial charge >= 0.3 is 5.97 Å². The number of hydrogen-bond acceptors (Lipinski definition) is 3. The summed E-state index contributed by atoms with van der Waals surface area (Å²) in [7, 11) is -3.16. The van der Waals surface area contributed by atoms with E-state index in [0.29, 0.717) is 6.42 Å². The van der Waals surface area contributed by atoms with E-state index in [9.17, 15) is 17.6 Å². The van der Waals surface area contributed by atoms with Gasteiger partial charge in [0.2, 0.25) is 0 Å². The van der Waals surface area contributed by atoms with Crippen LogP contribution in [0.1, 0.15) is 12.0 Å². The van der Waals surface area contributed by atoms with E-state index in [0.717, 1.165) is 5.56 Å². The van der Waals surface area contributed by atoms with Crippen molar-refractivity contribution in [1.29, 1.82) is 0 Å². The highest BCUT2D eigenvalue weighted by Crippen LogP contribution is 2.28. The Morgan fingerprint density at radius 1 is 1.32 bits per heavy atom. The van der Waals surface area contributed by atoms with Crippen LogP contribution in [0.25, 0.3) is 0 Å². The third-order valence-electron chi connectivity index (χ3n) is 3.51. The van der Waals surface area contributed by atoms with Gasteiger partial charge in [-0.05, 0) is 36.5 Å². The molecule has 0 spiro atoms. The smallest absolute Gasteiger partial charge is 0.306 e. The summed E-state index contributed by atoms with van der Waals surface area (Å²) >= 11 is 0. The Hall–Kier alpha value is -1.43. The number of carboxylic acid groups (broad SMARTS) is 1. The highest BCUT2D eigenvalue weighted by atomic mass is 32.2. The van der Waals surface area contributed by atoms with Crippen molar-refractivity contribution in [2.75, 3.05) is 11.5 Å². The van der Waals surface area contributed by atoms with Gasteiger partial charge in [0.05, 0.1) is 17.4 Å². The number of carboxylic acids is 1. The Balaban J connectivity index is 2.18. The minimum absolute atomic E-state index is 0.0656. The molecule has 2 atom stereocenters. The van der Waals surface area contributed by atoms with E-state index in [-0.39, 0.29) is 23.7 Å². The predicted octanol–water partition coefficient (Wildman–Crippen LogP) is 1.50. The molecule has 0 bridgehead atoms. The molecule has 1 aromatic rings. The monoisotopic (exact) mass is 286 g/mol. The van der Waals surface area contributed by atoms with Gasteiger partial charge in [-0.2, -0.15) is 0 Å². The highest BCUT2D eigenvalue weighted by molar-refractivity contribution is 7.91. The molecule has 0 radical (unpaired) electrons. The summed E-state index contributed by atoms with van der Waals surface area (Å²) in [5.41, 5.74) is 0.759. The molecule has 6 heteroatoms. The average molecular weight is 286 g/mol. The first kappa shape index (κ1) is 14.0. The van der Waals surface area contributed by atoms with Crippen LogP contribution < -0.4 is 0 Å². The minimum atomic E-state index is -3.16. The first-order chi connectivity index (χ1) is 8.87. The van der Waals surface area contributed by atoms with Crippen molar-refractivity contribution in [3.8, 4) is 0 Å². The zero-order valence-corrected chi connectivity index (χ0v) is 11.1. The van der Waals surface area contributed by atoms with Gasteiger partial charge in [-0.25, -0.2) is 12.8 Å². The highest BCUT2D eigenvalue weighted by Gasteiger charge is 2.37. The van der Waals surface area contributed by atoms with Crippen LogP contribution in [0.2, 0.25) is 0 Å². The van der Waals surface area contributed by atoms with Crippen LogP contribution in [0.4, 0.5) is 4.39 Å². The van der Waals surface area contributed by atoms with E-state index in [1.165, 1.54) is 12.1 Å². The molecule has 104 valence electrons. The van der Waals surface area contributed by atoms with E-state index in [4.69, 9.17) is 5.11 Å². The van der Waals surface area contributed by atoms with Crippen molar-refractivity contribution in [2.45, 2.75) is 12.8 Å². The molecule has 0 aromatic heterocycles. The molecule has 2 rings (SSSR count). The van der Waals surface area contributed by atoms with E-state index in [2.05, 4.69) is 0 Å². The van der Waals surface area contributed by atoms with Crippen LogP contribution in [-0.2, 0) is 21.1 Å². The molecule has 4 nitrogen and oxygen atoms in total. The first-order valence-electron chi connectivity index (χ1n) is 6.05. The summed E-state index contributed by atoms with van der Waals surface area (Å²) in [6.07, 6.45) is 0.500. The zero-order valence-electron chi connectivity index (χ0n) is 10.3. The van der Waals surface area contributed by atoms with Crippen LogP contribution in [-0.4, -0.2) is 31.0 Å². The third-order valence-corrected chi connectivity index (χ3v) is 5.30. The van der Waals surface area contributed by atoms with Crippen LogP contribution >= 0.6 is 0 Å². The quantitative estimate of drug-likeness (QED) is 0.914. The van der Waals surface area contributed by atoms with Crippen molar-refractivity contribution >= 4 is 15.8 Å². The Kier molecular flexibility index (Phi) is 3.89. The fourth-order valence-corrected chi connectivity index (χ4v) is 4.30. The van der Waals surface area contributed by atoms with Crippen molar-refractivity contribution in [3.05, 3.63) is 35.6 Å². The molecule has 0 amide bonds. The van der Waals surface area contributed by atoms with Gasteiger partial charge in [0, 0.05) is 0 Å². The molecule has 19 heavy (non-hydrogen) atoms. The largest absolute Gasteiger partial charge is 0.481 e. The third kappa shape index (κ3) is 3.53. The van der Waals surface area contributed by atoms with E-state index >= 15 is 0 Å². The standard InChI is InChI=1S/C13H15FO4S/c14-11-3-1-9(2-4-11)7-10-8-19(17,18)6-5-12(10)13(15)16/h1-4,10,12H,5-8H2,(H,15,16). The van der Waals surface area contributed by atoms with Gasteiger partial charge in [0.15, 0.2) is 9.84 Å². The van der Waals surface area contributed by atoms with Crippen LogP contribution in [0.3, 0.4) is 0 Å². The van der Waals surface area contributed by atoms with Crippen LogP contribution in [0.15, 0.2) is 24.3 Å². The molecule has 2 unspecified atom stereocenters. The maximum absolute atomic E-state index is 12.8. The van der Waals surface area contributed by atoms with Crippen LogP contribution in [0.5, 0.6) is 0 Å². The summed E-state index contributed by atoms with van der Waals surface area (Å²) in [5, 5.41) is 9.15. The molecule has 0 saturated carbocycles. The summed E-state index contributed by atoms with van der Waals surface area (Å²) in [5.74, 6) is -2.59. The molecular weight excluding hydrogens is 271 g/mol. The molecule has 1 heterocycles. The van der Waals surface area contributed by atoms with E-state index < -0.39 is 27.6 Å². The van der Waals surface area contributed by atoms with Crippen molar-refractivity contribution in [2.24, 2.45) is 11.8 Å². The molecule has 0 aliphatic carbocycles. The molecule has 1 fully saturated rings. The number of sulfone groups is 1. The second-order valence-corrected chi connectivity index (χ2v) is 7.17. The minimum Gasteiger partial charge on any atom is -0.481 e. The van der Waals surface area contributed by atoms with Crippen molar-refractivity contribution in [3.63, 3.8) is 0 Å². The number of aliphatic carboxylic acids is 1. The van der Waals surface area contributed by atoms with E-state index in [1.54, 1.807) is 12.1 Å². The number of halogens is 1. The topological polar surface area (TPSA) is 71.4 Å². The predicted molar refractivity (Wildman–Crippen MR) is 68.0 cm³/mol. The number of carbonyl (C=O) groups is 1. The summed E-state index contributed by atoms with van der Waals surface area (Å²) in [6, 6.07) is 5.72. The molecular formula is C13H15FO4S. The molecule has 1 aromatic carbocycles. The summed E-state index contributed by atoms with van der Waals surface area (Å²) in [6.45, 7) is 0. The lowest BCUT2D eigenvalue weighted by Gasteiger charge is -2.28. The van der Waals surface area contributed by atoms with E-state index in [1.807, 2.05) is 0 Å². The van der Waals surface area contributed by atoms with Crippen molar-refractivity contribution < 1.29 is 22.7 Å².